The number of aryl methyl sites for hydroxylation is 2. The third kappa shape index (κ3) is 2.14. The Kier molecular flexibility index (Phi) is 2.96. The number of piperazine rings is 1. The molecule has 0 atom stereocenters. The summed E-state index contributed by atoms with van der Waals surface area (Å²) in [6.07, 6.45) is 0. The van der Waals surface area contributed by atoms with Gasteiger partial charge in [-0.25, -0.2) is 0 Å². The molecular weight excluding hydrogens is 248 g/mol. The van der Waals surface area contributed by atoms with Crippen molar-refractivity contribution in [2.24, 2.45) is 0 Å². The van der Waals surface area contributed by atoms with Gasteiger partial charge in [-0.1, -0.05) is 0 Å². The van der Waals surface area contributed by atoms with E-state index in [-0.39, 0.29) is 12.5 Å². The van der Waals surface area contributed by atoms with Gasteiger partial charge in [0.2, 0.25) is 5.91 Å². The predicted molar refractivity (Wildman–Crippen MR) is 66.4 cm³/mol. The SMILES string of the molecule is Cc1cc(C(=O)N2CC(=O)NC(=O)C2(C)C)c(C)o1. The zero-order chi connectivity index (χ0) is 14.4. The average molecular weight is 264 g/mol. The first-order chi connectivity index (χ1) is 8.73. The molecule has 1 aliphatic heterocycles. The van der Waals surface area contributed by atoms with Crippen molar-refractivity contribution in [3.05, 3.63) is 23.2 Å². The zero-order valence-electron chi connectivity index (χ0n) is 11.4. The molecule has 2 heterocycles. The minimum Gasteiger partial charge on any atom is -0.466 e. The summed E-state index contributed by atoms with van der Waals surface area (Å²) in [5.74, 6) is -0.226. The maximum Gasteiger partial charge on any atom is 0.258 e. The van der Waals surface area contributed by atoms with Crippen LogP contribution in [0.3, 0.4) is 0 Å². The lowest BCUT2D eigenvalue weighted by molar-refractivity contribution is -0.143. The second-order valence-electron chi connectivity index (χ2n) is 5.15. The Hall–Kier alpha value is -2.11. The number of furan rings is 1. The van der Waals surface area contributed by atoms with Crippen molar-refractivity contribution in [1.29, 1.82) is 0 Å². The fourth-order valence-electron chi connectivity index (χ4n) is 2.10. The molecule has 0 aromatic carbocycles. The molecule has 1 aliphatic rings. The Balaban J connectivity index is 2.39. The third-order valence-electron chi connectivity index (χ3n) is 3.30. The number of carbonyl (C=O) groups is 3. The number of imide groups is 1. The summed E-state index contributed by atoms with van der Waals surface area (Å²) in [5, 5.41) is 2.23. The molecular formula is C13H16N2O4. The molecule has 1 aromatic rings. The summed E-state index contributed by atoms with van der Waals surface area (Å²) in [6, 6.07) is 1.62. The van der Waals surface area contributed by atoms with Gasteiger partial charge in [-0.2, -0.15) is 0 Å². The molecule has 6 heteroatoms. The lowest BCUT2D eigenvalue weighted by Crippen LogP contribution is -2.65. The van der Waals surface area contributed by atoms with E-state index in [1.165, 1.54) is 4.90 Å². The van der Waals surface area contributed by atoms with E-state index in [0.717, 1.165) is 0 Å². The highest BCUT2D eigenvalue weighted by Crippen LogP contribution is 2.23. The lowest BCUT2D eigenvalue weighted by atomic mass is 9.97. The van der Waals surface area contributed by atoms with Crippen molar-refractivity contribution in [2.75, 3.05) is 6.54 Å². The number of nitrogens with zero attached hydrogens (tertiary/aromatic N) is 1. The predicted octanol–water partition coefficient (Wildman–Crippen LogP) is 0.774. The van der Waals surface area contributed by atoms with Gasteiger partial charge in [0.1, 0.15) is 23.6 Å². The van der Waals surface area contributed by atoms with Gasteiger partial charge in [-0.05, 0) is 33.8 Å². The summed E-state index contributed by atoms with van der Waals surface area (Å²) in [7, 11) is 0. The smallest absolute Gasteiger partial charge is 0.258 e. The molecule has 1 saturated heterocycles. The van der Waals surface area contributed by atoms with Crippen LogP contribution in [0.15, 0.2) is 10.5 Å². The minimum atomic E-state index is -1.07. The number of rotatable bonds is 1. The Morgan fingerprint density at radius 3 is 2.53 bits per heavy atom. The van der Waals surface area contributed by atoms with E-state index in [1.54, 1.807) is 33.8 Å². The van der Waals surface area contributed by atoms with Gasteiger partial charge in [0.15, 0.2) is 0 Å². The molecule has 1 N–H and O–H groups in total. The maximum absolute atomic E-state index is 12.5. The Morgan fingerprint density at radius 2 is 2.00 bits per heavy atom. The van der Waals surface area contributed by atoms with Gasteiger partial charge >= 0.3 is 0 Å². The first-order valence-electron chi connectivity index (χ1n) is 5.96. The molecule has 0 radical (unpaired) electrons. The van der Waals surface area contributed by atoms with Crippen LogP contribution in [0.1, 0.15) is 35.7 Å². The largest absolute Gasteiger partial charge is 0.466 e. The summed E-state index contributed by atoms with van der Waals surface area (Å²) < 4.78 is 5.32. The van der Waals surface area contributed by atoms with Crippen molar-refractivity contribution in [3.8, 4) is 0 Å². The summed E-state index contributed by atoms with van der Waals surface area (Å²) in [4.78, 5) is 37.0. The van der Waals surface area contributed by atoms with Crippen LogP contribution >= 0.6 is 0 Å². The molecule has 6 nitrogen and oxygen atoms in total. The standard InChI is InChI=1S/C13H16N2O4/c1-7-5-9(8(2)19-7)11(17)15-6-10(16)14-12(18)13(15,3)4/h5H,6H2,1-4H3,(H,14,16,18). The van der Waals surface area contributed by atoms with Crippen LogP contribution in [0.2, 0.25) is 0 Å². The van der Waals surface area contributed by atoms with E-state index in [2.05, 4.69) is 5.32 Å². The van der Waals surface area contributed by atoms with Crippen LogP contribution < -0.4 is 5.32 Å². The molecule has 3 amide bonds. The van der Waals surface area contributed by atoms with Gasteiger partial charge in [0.25, 0.3) is 11.8 Å². The van der Waals surface area contributed by atoms with Crippen LogP contribution in [-0.2, 0) is 9.59 Å². The fourth-order valence-corrected chi connectivity index (χ4v) is 2.10. The molecule has 19 heavy (non-hydrogen) atoms. The monoisotopic (exact) mass is 264 g/mol. The summed E-state index contributed by atoms with van der Waals surface area (Å²) >= 11 is 0. The Labute approximate surface area is 110 Å². The summed E-state index contributed by atoms with van der Waals surface area (Å²) in [5.41, 5.74) is -0.684. The minimum absolute atomic E-state index is 0.138. The number of hydrogen-bond donors (Lipinski definition) is 1. The van der Waals surface area contributed by atoms with E-state index >= 15 is 0 Å². The highest BCUT2D eigenvalue weighted by atomic mass is 16.3. The Morgan fingerprint density at radius 1 is 1.37 bits per heavy atom. The number of hydrogen-bond acceptors (Lipinski definition) is 4. The van der Waals surface area contributed by atoms with Gasteiger partial charge in [0.05, 0.1) is 5.56 Å². The number of nitrogens with one attached hydrogen (secondary N) is 1. The van der Waals surface area contributed by atoms with Crippen LogP contribution in [0.4, 0.5) is 0 Å². The van der Waals surface area contributed by atoms with Crippen LogP contribution in [0, 0.1) is 13.8 Å². The maximum atomic E-state index is 12.5. The molecule has 0 saturated carbocycles. The third-order valence-corrected chi connectivity index (χ3v) is 3.30. The van der Waals surface area contributed by atoms with E-state index in [4.69, 9.17) is 4.42 Å². The summed E-state index contributed by atoms with van der Waals surface area (Å²) in [6.45, 7) is 6.49. The van der Waals surface area contributed by atoms with Crippen molar-refractivity contribution in [1.82, 2.24) is 10.2 Å². The molecule has 2 rings (SSSR count). The first kappa shape index (κ1) is 13.3. The van der Waals surface area contributed by atoms with E-state index < -0.39 is 17.4 Å². The van der Waals surface area contributed by atoms with Crippen LogP contribution in [-0.4, -0.2) is 34.7 Å². The molecule has 102 valence electrons. The van der Waals surface area contributed by atoms with Gasteiger partial charge < -0.3 is 9.32 Å². The molecule has 1 aromatic heterocycles. The highest BCUT2D eigenvalue weighted by Gasteiger charge is 2.44. The number of carbonyl (C=O) groups excluding carboxylic acids is 3. The highest BCUT2D eigenvalue weighted by molar-refractivity contribution is 6.09. The molecule has 0 aliphatic carbocycles. The normalized spacial score (nSPS) is 18.4. The molecule has 1 fully saturated rings. The van der Waals surface area contributed by atoms with Crippen molar-refractivity contribution < 1.29 is 18.8 Å². The topological polar surface area (TPSA) is 79.6 Å². The quantitative estimate of drug-likeness (QED) is 0.760. The Bertz CT molecular complexity index is 571. The van der Waals surface area contributed by atoms with Gasteiger partial charge in [-0.15, -0.1) is 0 Å². The number of amides is 3. The van der Waals surface area contributed by atoms with E-state index in [9.17, 15) is 14.4 Å². The zero-order valence-corrected chi connectivity index (χ0v) is 11.4. The van der Waals surface area contributed by atoms with E-state index in [1.807, 2.05) is 0 Å². The van der Waals surface area contributed by atoms with E-state index in [0.29, 0.717) is 17.1 Å². The van der Waals surface area contributed by atoms with Crippen molar-refractivity contribution in [3.63, 3.8) is 0 Å². The van der Waals surface area contributed by atoms with Crippen molar-refractivity contribution >= 4 is 17.7 Å². The van der Waals surface area contributed by atoms with Crippen LogP contribution in [0.25, 0.3) is 0 Å². The molecule has 0 spiro atoms. The average Bonchev–Trinajstić information content (AvgIpc) is 2.62. The van der Waals surface area contributed by atoms with Gasteiger partial charge in [0, 0.05) is 0 Å². The van der Waals surface area contributed by atoms with Crippen LogP contribution in [0.5, 0.6) is 0 Å². The fraction of sp³-hybridized carbons (Fsp3) is 0.462. The first-order valence-corrected chi connectivity index (χ1v) is 5.96. The van der Waals surface area contributed by atoms with Gasteiger partial charge in [-0.3, -0.25) is 19.7 Å². The second kappa shape index (κ2) is 4.22. The second-order valence-corrected chi connectivity index (χ2v) is 5.15. The molecule has 0 bridgehead atoms. The lowest BCUT2D eigenvalue weighted by Gasteiger charge is -2.39. The van der Waals surface area contributed by atoms with Crippen molar-refractivity contribution in [2.45, 2.75) is 33.2 Å². The molecule has 0 unspecified atom stereocenters.